The summed E-state index contributed by atoms with van der Waals surface area (Å²) in [4.78, 5) is 2.00. The Morgan fingerprint density at radius 1 is 1.47 bits per heavy atom. The van der Waals surface area contributed by atoms with Crippen molar-refractivity contribution in [3.63, 3.8) is 0 Å². The molecular formula is C12H16FNO. The van der Waals surface area contributed by atoms with Gasteiger partial charge in [0.1, 0.15) is 11.9 Å². The van der Waals surface area contributed by atoms with Crippen LogP contribution in [0.1, 0.15) is 22.9 Å². The summed E-state index contributed by atoms with van der Waals surface area (Å²) in [6, 6.07) is 3.86. The van der Waals surface area contributed by atoms with E-state index in [4.69, 9.17) is 4.74 Å². The molecule has 0 aromatic heterocycles. The number of aryl methyl sites for hydroxylation is 1. The maximum absolute atomic E-state index is 13.8. The molecule has 2 rings (SSSR count). The maximum atomic E-state index is 13.8. The molecule has 0 bridgehead atoms. The fourth-order valence-electron chi connectivity index (χ4n) is 2.14. The quantitative estimate of drug-likeness (QED) is 0.704. The minimum absolute atomic E-state index is 0.471. The van der Waals surface area contributed by atoms with Gasteiger partial charge in [0.25, 0.3) is 0 Å². The third kappa shape index (κ3) is 1.84. The summed E-state index contributed by atoms with van der Waals surface area (Å²) in [5.41, 5.74) is 2.93. The predicted octanol–water partition coefficient (Wildman–Crippen LogP) is 2.46. The smallest absolute Gasteiger partial charge is 0.138 e. The van der Waals surface area contributed by atoms with Gasteiger partial charge in [-0.3, -0.25) is 4.90 Å². The second-order valence-corrected chi connectivity index (χ2v) is 4.18. The highest BCUT2D eigenvalue weighted by Gasteiger charge is 2.24. The van der Waals surface area contributed by atoms with Crippen LogP contribution in [0, 0.1) is 6.92 Å². The number of benzene rings is 1. The molecule has 15 heavy (non-hydrogen) atoms. The minimum atomic E-state index is -0.895. The minimum Gasteiger partial charge on any atom is -0.496 e. The molecule has 82 valence electrons. The summed E-state index contributed by atoms with van der Waals surface area (Å²) in [5, 5.41) is 0. The van der Waals surface area contributed by atoms with E-state index in [0.29, 0.717) is 6.54 Å². The standard InChI is InChI=1S/C12H16FNO/c1-8-4-9-6-14(2)7-11(13)10(9)5-12(8)15-3/h4-5,11H,6-7H2,1-3H3. The number of hydrogen-bond donors (Lipinski definition) is 0. The molecule has 0 fully saturated rings. The van der Waals surface area contributed by atoms with Crippen LogP contribution >= 0.6 is 0 Å². The predicted molar refractivity (Wildman–Crippen MR) is 57.9 cm³/mol. The van der Waals surface area contributed by atoms with Crippen LogP contribution in [-0.4, -0.2) is 25.6 Å². The first-order valence-corrected chi connectivity index (χ1v) is 5.12. The molecule has 1 aliphatic heterocycles. The highest BCUT2D eigenvalue weighted by Crippen LogP contribution is 2.33. The average molecular weight is 209 g/mol. The Kier molecular flexibility index (Phi) is 2.65. The lowest BCUT2D eigenvalue weighted by Crippen LogP contribution is -2.28. The van der Waals surface area contributed by atoms with Crippen molar-refractivity contribution < 1.29 is 9.13 Å². The van der Waals surface area contributed by atoms with E-state index < -0.39 is 6.17 Å². The Morgan fingerprint density at radius 2 is 2.20 bits per heavy atom. The van der Waals surface area contributed by atoms with Crippen molar-refractivity contribution in [2.24, 2.45) is 0 Å². The molecule has 0 radical (unpaired) electrons. The van der Waals surface area contributed by atoms with Gasteiger partial charge in [0, 0.05) is 13.1 Å². The van der Waals surface area contributed by atoms with E-state index in [1.807, 2.05) is 31.0 Å². The fraction of sp³-hybridized carbons (Fsp3) is 0.500. The normalized spacial score (nSPS) is 21.2. The third-order valence-electron chi connectivity index (χ3n) is 2.91. The molecule has 0 N–H and O–H groups in total. The van der Waals surface area contributed by atoms with Gasteiger partial charge in [-0.1, -0.05) is 6.07 Å². The zero-order valence-corrected chi connectivity index (χ0v) is 9.38. The maximum Gasteiger partial charge on any atom is 0.138 e. The number of ether oxygens (including phenoxy) is 1. The second-order valence-electron chi connectivity index (χ2n) is 4.18. The molecule has 1 unspecified atom stereocenters. The van der Waals surface area contributed by atoms with Gasteiger partial charge < -0.3 is 4.74 Å². The molecule has 0 spiro atoms. The third-order valence-corrected chi connectivity index (χ3v) is 2.91. The van der Waals surface area contributed by atoms with Gasteiger partial charge in [-0.15, -0.1) is 0 Å². The highest BCUT2D eigenvalue weighted by molar-refractivity contribution is 5.44. The van der Waals surface area contributed by atoms with Crippen LogP contribution in [0.4, 0.5) is 4.39 Å². The van der Waals surface area contributed by atoms with Crippen molar-refractivity contribution in [2.75, 3.05) is 20.7 Å². The number of methoxy groups -OCH3 is 1. The average Bonchev–Trinajstić information content (AvgIpc) is 2.16. The molecule has 1 aromatic rings. The van der Waals surface area contributed by atoms with Gasteiger partial charge in [0.05, 0.1) is 7.11 Å². The van der Waals surface area contributed by atoms with E-state index in [1.54, 1.807) is 7.11 Å². The van der Waals surface area contributed by atoms with Crippen molar-refractivity contribution in [3.05, 3.63) is 28.8 Å². The van der Waals surface area contributed by atoms with Crippen LogP contribution in [0.2, 0.25) is 0 Å². The Balaban J connectivity index is 2.47. The first kappa shape index (κ1) is 10.4. The lowest BCUT2D eigenvalue weighted by atomic mass is 9.96. The summed E-state index contributed by atoms with van der Waals surface area (Å²) in [7, 11) is 3.56. The summed E-state index contributed by atoms with van der Waals surface area (Å²) in [6.45, 7) is 3.28. The van der Waals surface area contributed by atoms with Crippen molar-refractivity contribution in [1.82, 2.24) is 4.90 Å². The molecule has 2 nitrogen and oxygen atoms in total. The number of likely N-dealkylation sites (N-methyl/N-ethyl adjacent to an activating group) is 1. The molecule has 1 aromatic carbocycles. The number of nitrogens with zero attached hydrogens (tertiary/aromatic N) is 1. The van der Waals surface area contributed by atoms with E-state index in [2.05, 4.69) is 0 Å². The summed E-state index contributed by atoms with van der Waals surface area (Å²) in [6.07, 6.45) is -0.895. The topological polar surface area (TPSA) is 12.5 Å². The van der Waals surface area contributed by atoms with Crippen LogP contribution < -0.4 is 4.74 Å². The highest BCUT2D eigenvalue weighted by atomic mass is 19.1. The van der Waals surface area contributed by atoms with Crippen LogP contribution in [-0.2, 0) is 6.54 Å². The van der Waals surface area contributed by atoms with Gasteiger partial charge in [-0.25, -0.2) is 4.39 Å². The van der Waals surface area contributed by atoms with Crippen LogP contribution in [0.15, 0.2) is 12.1 Å². The summed E-state index contributed by atoms with van der Waals surface area (Å²) >= 11 is 0. The molecule has 0 aliphatic carbocycles. The largest absolute Gasteiger partial charge is 0.496 e. The van der Waals surface area contributed by atoms with Crippen LogP contribution in [0.25, 0.3) is 0 Å². The van der Waals surface area contributed by atoms with Crippen LogP contribution in [0.5, 0.6) is 5.75 Å². The molecule has 1 aliphatic rings. The molecule has 1 atom stereocenters. The van der Waals surface area contributed by atoms with Crippen LogP contribution in [0.3, 0.4) is 0 Å². The Hall–Kier alpha value is -1.09. The SMILES string of the molecule is COc1cc2c(cc1C)CN(C)CC2F. The van der Waals surface area contributed by atoms with Gasteiger partial charge in [0.2, 0.25) is 0 Å². The molecular weight excluding hydrogens is 193 g/mol. The van der Waals surface area contributed by atoms with Gasteiger partial charge >= 0.3 is 0 Å². The Morgan fingerprint density at radius 3 is 2.87 bits per heavy atom. The summed E-state index contributed by atoms with van der Waals surface area (Å²) < 4.78 is 19.0. The monoisotopic (exact) mass is 209 g/mol. The van der Waals surface area contributed by atoms with E-state index in [9.17, 15) is 4.39 Å². The van der Waals surface area contributed by atoms with E-state index in [-0.39, 0.29) is 0 Å². The number of halogens is 1. The van der Waals surface area contributed by atoms with E-state index in [1.165, 1.54) is 0 Å². The van der Waals surface area contributed by atoms with Crippen molar-refractivity contribution in [2.45, 2.75) is 19.6 Å². The Bertz CT molecular complexity index is 378. The fourth-order valence-corrected chi connectivity index (χ4v) is 2.14. The van der Waals surface area contributed by atoms with E-state index >= 15 is 0 Å². The van der Waals surface area contributed by atoms with Crippen molar-refractivity contribution in [1.29, 1.82) is 0 Å². The second kappa shape index (κ2) is 3.81. The number of alkyl halides is 1. The van der Waals surface area contributed by atoms with E-state index in [0.717, 1.165) is 29.0 Å². The lowest BCUT2D eigenvalue weighted by molar-refractivity contribution is 0.194. The summed E-state index contributed by atoms with van der Waals surface area (Å²) in [5.74, 6) is 0.779. The van der Waals surface area contributed by atoms with Gasteiger partial charge in [-0.05, 0) is 36.7 Å². The molecule has 0 saturated heterocycles. The van der Waals surface area contributed by atoms with Gasteiger partial charge in [0.15, 0.2) is 0 Å². The van der Waals surface area contributed by atoms with Crippen molar-refractivity contribution >= 4 is 0 Å². The first-order valence-electron chi connectivity index (χ1n) is 5.12. The molecule has 1 heterocycles. The number of hydrogen-bond acceptors (Lipinski definition) is 2. The number of rotatable bonds is 1. The molecule has 0 amide bonds. The molecule has 0 saturated carbocycles. The lowest BCUT2D eigenvalue weighted by Gasteiger charge is -2.28. The zero-order valence-electron chi connectivity index (χ0n) is 9.38. The van der Waals surface area contributed by atoms with Gasteiger partial charge in [-0.2, -0.15) is 0 Å². The molecule has 3 heteroatoms. The zero-order chi connectivity index (χ0) is 11.0. The Labute approximate surface area is 89.7 Å². The number of fused-ring (bicyclic) bond motifs is 1. The van der Waals surface area contributed by atoms with Crippen molar-refractivity contribution in [3.8, 4) is 5.75 Å². The first-order chi connectivity index (χ1) is 7.11.